The summed E-state index contributed by atoms with van der Waals surface area (Å²) in [4.78, 5) is 13.2. The number of benzene rings is 2. The lowest BCUT2D eigenvalue weighted by Gasteiger charge is -2.16. The molecule has 1 atom stereocenters. The van der Waals surface area contributed by atoms with Crippen molar-refractivity contribution >= 4 is 5.78 Å². The molecule has 1 fully saturated rings. The highest BCUT2D eigenvalue weighted by atomic mass is 16.5. The number of hydrogen-bond donors (Lipinski definition) is 1. The summed E-state index contributed by atoms with van der Waals surface area (Å²) in [6.45, 7) is 8.23. The molecule has 4 rings (SSSR count). The van der Waals surface area contributed by atoms with Crippen molar-refractivity contribution in [1.82, 2.24) is 5.32 Å². The van der Waals surface area contributed by atoms with Crippen molar-refractivity contribution in [2.75, 3.05) is 32.9 Å². The summed E-state index contributed by atoms with van der Waals surface area (Å²) in [5.74, 6) is 2.91. The second-order valence-corrected chi connectivity index (χ2v) is 8.40. The minimum absolute atomic E-state index is 0.00998. The molecule has 1 aliphatic heterocycles. The van der Waals surface area contributed by atoms with Crippen LogP contribution in [-0.4, -0.2) is 38.7 Å². The van der Waals surface area contributed by atoms with Crippen LogP contribution in [0.15, 0.2) is 30.3 Å². The van der Waals surface area contributed by atoms with Crippen LogP contribution in [0.3, 0.4) is 0 Å². The quantitative estimate of drug-likeness (QED) is 0.427. The Kier molecular flexibility index (Phi) is 7.13. The Morgan fingerprint density at radius 2 is 1.71 bits per heavy atom. The monoisotopic (exact) mass is 423 g/mol. The first kappa shape index (κ1) is 21.7. The molecule has 0 aromatic heterocycles. The number of hydrogen-bond acceptors (Lipinski definition) is 5. The molecular formula is C26H33NO4. The first-order valence-electron chi connectivity index (χ1n) is 11.7. The predicted octanol–water partition coefficient (Wildman–Crippen LogP) is 5.24. The first-order chi connectivity index (χ1) is 15.2. The number of fused-ring (bicyclic) bond motifs is 3. The Bertz CT molecular complexity index is 918. The highest BCUT2D eigenvalue weighted by molar-refractivity contribution is 6.23. The van der Waals surface area contributed by atoms with Crippen molar-refractivity contribution in [2.45, 2.75) is 46.0 Å². The van der Waals surface area contributed by atoms with Crippen molar-refractivity contribution in [3.8, 4) is 28.4 Å². The van der Waals surface area contributed by atoms with E-state index in [9.17, 15) is 4.79 Å². The van der Waals surface area contributed by atoms with Crippen LogP contribution in [0.1, 0.15) is 61.9 Å². The smallest absolute Gasteiger partial charge is 0.194 e. The lowest BCUT2D eigenvalue weighted by atomic mass is 10.0. The predicted molar refractivity (Wildman–Crippen MR) is 123 cm³/mol. The molecule has 31 heavy (non-hydrogen) atoms. The van der Waals surface area contributed by atoms with Crippen molar-refractivity contribution in [3.05, 3.63) is 41.5 Å². The van der Waals surface area contributed by atoms with E-state index < -0.39 is 0 Å². The first-order valence-corrected chi connectivity index (χ1v) is 11.7. The van der Waals surface area contributed by atoms with Gasteiger partial charge in [-0.25, -0.2) is 0 Å². The third-order valence-corrected chi connectivity index (χ3v) is 5.95. The molecule has 2 aromatic carbocycles. The van der Waals surface area contributed by atoms with Gasteiger partial charge in [0.15, 0.2) is 5.78 Å². The maximum atomic E-state index is 13.2. The molecule has 166 valence electrons. The van der Waals surface area contributed by atoms with Gasteiger partial charge in [0.25, 0.3) is 0 Å². The summed E-state index contributed by atoms with van der Waals surface area (Å²) in [6.07, 6.45) is 5.23. The van der Waals surface area contributed by atoms with Crippen molar-refractivity contribution in [2.24, 2.45) is 5.92 Å². The van der Waals surface area contributed by atoms with E-state index in [4.69, 9.17) is 14.2 Å². The largest absolute Gasteiger partial charge is 0.493 e. The summed E-state index contributed by atoms with van der Waals surface area (Å²) >= 11 is 0. The molecule has 0 bridgehead atoms. The minimum Gasteiger partial charge on any atom is -0.493 e. The highest BCUT2D eigenvalue weighted by Crippen LogP contribution is 2.49. The molecule has 1 N–H and O–H groups in total. The topological polar surface area (TPSA) is 56.8 Å². The minimum atomic E-state index is 0.00998. The van der Waals surface area contributed by atoms with Gasteiger partial charge in [0, 0.05) is 28.3 Å². The second kappa shape index (κ2) is 10.2. The van der Waals surface area contributed by atoms with E-state index in [0.717, 1.165) is 55.1 Å². The van der Waals surface area contributed by atoms with Crippen molar-refractivity contribution in [1.29, 1.82) is 0 Å². The summed E-state index contributed by atoms with van der Waals surface area (Å²) in [6, 6.07) is 9.51. The van der Waals surface area contributed by atoms with Gasteiger partial charge in [0.05, 0.1) is 19.8 Å². The SMILES string of the molecule is CCCOc1cc(OCCC)c2c(c1)C(=O)c1cccc(OCCCC3CCNC3)c1-2. The van der Waals surface area contributed by atoms with Gasteiger partial charge in [-0.15, -0.1) is 0 Å². The van der Waals surface area contributed by atoms with Gasteiger partial charge in [-0.05, 0) is 63.2 Å². The number of carbonyl (C=O) groups is 1. The lowest BCUT2D eigenvalue weighted by Crippen LogP contribution is -2.10. The Morgan fingerprint density at radius 3 is 2.48 bits per heavy atom. The highest BCUT2D eigenvalue weighted by Gasteiger charge is 2.33. The van der Waals surface area contributed by atoms with Crippen molar-refractivity contribution < 1.29 is 19.0 Å². The van der Waals surface area contributed by atoms with Crippen LogP contribution in [-0.2, 0) is 0 Å². The molecule has 1 heterocycles. The zero-order chi connectivity index (χ0) is 21.6. The Balaban J connectivity index is 1.60. The molecule has 0 radical (unpaired) electrons. The van der Waals surface area contributed by atoms with Gasteiger partial charge >= 0.3 is 0 Å². The van der Waals surface area contributed by atoms with Crippen molar-refractivity contribution in [3.63, 3.8) is 0 Å². The number of carbonyl (C=O) groups excluding carboxylic acids is 1. The third-order valence-electron chi connectivity index (χ3n) is 5.95. The van der Waals surface area contributed by atoms with Crippen LogP contribution in [0.4, 0.5) is 0 Å². The second-order valence-electron chi connectivity index (χ2n) is 8.40. The van der Waals surface area contributed by atoms with Gasteiger partial charge in [0.1, 0.15) is 17.2 Å². The Morgan fingerprint density at radius 1 is 0.935 bits per heavy atom. The number of nitrogens with one attached hydrogen (secondary N) is 1. The summed E-state index contributed by atoms with van der Waals surface area (Å²) < 4.78 is 18.1. The molecule has 2 aliphatic rings. The number of ketones is 1. The number of rotatable bonds is 11. The van der Waals surface area contributed by atoms with E-state index in [-0.39, 0.29) is 5.78 Å². The van der Waals surface area contributed by atoms with E-state index in [1.807, 2.05) is 30.3 Å². The lowest BCUT2D eigenvalue weighted by molar-refractivity contribution is 0.104. The molecule has 2 aromatic rings. The van der Waals surface area contributed by atoms with Crippen LogP contribution >= 0.6 is 0 Å². The van der Waals surface area contributed by atoms with Crippen LogP contribution in [0.2, 0.25) is 0 Å². The van der Waals surface area contributed by atoms with Crippen LogP contribution < -0.4 is 19.5 Å². The molecule has 0 saturated carbocycles. The van der Waals surface area contributed by atoms with Crippen LogP contribution in [0, 0.1) is 5.92 Å². The molecule has 1 saturated heterocycles. The maximum Gasteiger partial charge on any atom is 0.194 e. The van der Waals surface area contributed by atoms with Gasteiger partial charge in [0.2, 0.25) is 0 Å². The Hall–Kier alpha value is -2.53. The summed E-state index contributed by atoms with van der Waals surface area (Å²) in [7, 11) is 0. The molecule has 1 unspecified atom stereocenters. The fraction of sp³-hybridized carbons (Fsp3) is 0.500. The normalized spacial score (nSPS) is 16.8. The zero-order valence-electron chi connectivity index (χ0n) is 18.7. The van der Waals surface area contributed by atoms with Gasteiger partial charge < -0.3 is 19.5 Å². The standard InChI is InChI=1S/C26H33NO4/c1-3-12-29-19-15-21-25(23(16-19)30-13-4-2)24-20(26(21)28)8-5-9-22(24)31-14-6-7-18-10-11-27-17-18/h5,8-9,15-16,18,27H,3-4,6-7,10-14,17H2,1-2H3. The molecule has 0 spiro atoms. The maximum absolute atomic E-state index is 13.2. The molecule has 0 amide bonds. The fourth-order valence-corrected chi connectivity index (χ4v) is 4.41. The van der Waals surface area contributed by atoms with Gasteiger partial charge in [-0.1, -0.05) is 26.0 Å². The fourth-order valence-electron chi connectivity index (χ4n) is 4.41. The van der Waals surface area contributed by atoms with Gasteiger partial charge in [-0.2, -0.15) is 0 Å². The molecule has 1 aliphatic carbocycles. The summed E-state index contributed by atoms with van der Waals surface area (Å²) in [5, 5.41) is 3.42. The molecule has 5 heteroatoms. The molecular weight excluding hydrogens is 390 g/mol. The van der Waals surface area contributed by atoms with E-state index in [1.165, 1.54) is 12.8 Å². The van der Waals surface area contributed by atoms with Gasteiger partial charge in [-0.3, -0.25) is 4.79 Å². The van der Waals surface area contributed by atoms with Crippen LogP contribution in [0.5, 0.6) is 17.2 Å². The third kappa shape index (κ3) is 4.72. The van der Waals surface area contributed by atoms with E-state index in [0.29, 0.717) is 42.4 Å². The molecule has 5 nitrogen and oxygen atoms in total. The average Bonchev–Trinajstić information content (AvgIpc) is 3.41. The zero-order valence-corrected chi connectivity index (χ0v) is 18.7. The van der Waals surface area contributed by atoms with E-state index in [1.54, 1.807) is 0 Å². The van der Waals surface area contributed by atoms with E-state index >= 15 is 0 Å². The average molecular weight is 424 g/mol. The summed E-state index contributed by atoms with van der Waals surface area (Å²) in [5.41, 5.74) is 3.02. The van der Waals surface area contributed by atoms with Crippen LogP contribution in [0.25, 0.3) is 11.1 Å². The van der Waals surface area contributed by atoms with E-state index in [2.05, 4.69) is 19.2 Å². The Labute approximate surface area is 185 Å². The number of ether oxygens (including phenoxy) is 3.